The molecule has 5 unspecified atom stereocenters. The first-order valence-corrected chi connectivity index (χ1v) is 18.7. The summed E-state index contributed by atoms with van der Waals surface area (Å²) in [5.74, 6) is 4.39. The monoisotopic (exact) mass is 720 g/mol. The maximum atomic E-state index is 4.90. The summed E-state index contributed by atoms with van der Waals surface area (Å²) in [6.07, 6.45) is 15.2. The molecule has 4 fully saturated rings. The molecule has 4 aromatic carbocycles. The molecule has 0 spiro atoms. The normalized spacial score (nSPS) is 23.7. The molecule has 0 N–H and O–H groups in total. The van der Waals surface area contributed by atoms with Crippen molar-refractivity contribution in [3.63, 3.8) is 0 Å². The Morgan fingerprint density at radius 3 is 1.80 bits per heavy atom. The summed E-state index contributed by atoms with van der Waals surface area (Å²) in [5, 5.41) is -0.816. The maximum absolute atomic E-state index is 4.90. The second-order valence-electron chi connectivity index (χ2n) is 14.0. The standard InChI is InChI=1S/C37H37N4P2.C5H5.Fe/c42-23-31-28-18-24-17-25(19-28)22-36(31,21-24)33-30(37(43,34-38-13-7-14-39-34)35-40-15-8-16-41-35)20-29(26-9-3-1-4-10-26)32(33)27-11-5-2-6-12-27;1-2-4-5-3-1;/h1-16,20,24-25,28,31H,17-19,21-23,42-43H2;1-5H;/q2*-1;+2. The fraction of sp³-hybridized carbons (Fsp3) is 0.286. The third-order valence-corrected chi connectivity index (χ3v) is 12.7. The Hall–Kier alpha value is -3.32. The van der Waals surface area contributed by atoms with Gasteiger partial charge < -0.3 is 0 Å². The van der Waals surface area contributed by atoms with Crippen LogP contribution in [0.4, 0.5) is 0 Å². The molecule has 248 valence electrons. The van der Waals surface area contributed by atoms with Gasteiger partial charge in [-0.25, -0.2) is 32.1 Å². The fourth-order valence-electron chi connectivity index (χ4n) is 9.76. The van der Waals surface area contributed by atoms with E-state index in [1.54, 1.807) is 0 Å². The molecule has 0 aliphatic heterocycles. The second-order valence-corrected chi connectivity index (χ2v) is 15.3. The van der Waals surface area contributed by atoms with E-state index in [1.165, 1.54) is 65.5 Å². The minimum absolute atomic E-state index is 0. The molecule has 4 aliphatic rings. The number of nitrogens with zero attached hydrogens (tertiary/aromatic N) is 4. The van der Waals surface area contributed by atoms with Gasteiger partial charge in [-0.15, -0.1) is 42.2 Å². The van der Waals surface area contributed by atoms with Gasteiger partial charge in [-0.05, 0) is 79.5 Å². The first-order chi connectivity index (χ1) is 23.6. The van der Waals surface area contributed by atoms with E-state index in [9.17, 15) is 0 Å². The van der Waals surface area contributed by atoms with Gasteiger partial charge in [0.15, 0.2) is 0 Å². The summed E-state index contributed by atoms with van der Waals surface area (Å²) < 4.78 is 0. The second kappa shape index (κ2) is 14.5. The van der Waals surface area contributed by atoms with Gasteiger partial charge in [0.1, 0.15) is 16.8 Å². The Bertz CT molecular complexity index is 1860. The molecule has 5 atom stereocenters. The molecule has 0 amide bonds. The van der Waals surface area contributed by atoms with E-state index < -0.39 is 5.16 Å². The van der Waals surface area contributed by atoms with E-state index in [0.29, 0.717) is 17.6 Å². The van der Waals surface area contributed by atoms with Crippen LogP contribution in [0, 0.1) is 23.7 Å². The van der Waals surface area contributed by atoms with Gasteiger partial charge in [-0.2, -0.15) is 18.2 Å². The molecule has 0 radical (unpaired) electrons. The number of aromatic nitrogens is 4. The van der Waals surface area contributed by atoms with Gasteiger partial charge in [-0.1, -0.05) is 76.3 Å². The molecule has 4 saturated carbocycles. The third kappa shape index (κ3) is 6.08. The van der Waals surface area contributed by atoms with Crippen molar-refractivity contribution in [2.24, 2.45) is 23.7 Å². The Morgan fingerprint density at radius 1 is 0.735 bits per heavy atom. The molecule has 10 rings (SSSR count). The number of rotatable bonds is 7. The number of hydrogen-bond acceptors (Lipinski definition) is 4. The van der Waals surface area contributed by atoms with Crippen molar-refractivity contribution in [3.05, 3.63) is 157 Å². The van der Waals surface area contributed by atoms with Crippen LogP contribution in [0.1, 0.15) is 54.9 Å². The van der Waals surface area contributed by atoms with E-state index in [2.05, 4.69) is 85.2 Å². The number of hydrogen-bond donors (Lipinski definition) is 0. The molecular weight excluding hydrogens is 678 g/mol. The zero-order valence-electron chi connectivity index (χ0n) is 27.6. The van der Waals surface area contributed by atoms with Gasteiger partial charge in [0.05, 0.1) is 0 Å². The summed E-state index contributed by atoms with van der Waals surface area (Å²) in [4.78, 5) is 19.6. The topological polar surface area (TPSA) is 51.6 Å². The average molecular weight is 721 g/mol. The first kappa shape index (κ1) is 34.1. The largest absolute Gasteiger partial charge is 2.00 e. The molecule has 4 aliphatic carbocycles. The SMILES string of the molecule is PCC1C2CC3CC(C2)CC1(c1c(C(P)(c2ncccn2)c2ncccn2)cc(-c2ccccc2)[c-]1-c1ccccc1)C3.[Fe+2].c1cc[cH-]c1. The van der Waals surface area contributed by atoms with Crippen LogP contribution >= 0.6 is 18.5 Å². The fourth-order valence-corrected chi connectivity index (χ4v) is 11.1. The van der Waals surface area contributed by atoms with Crippen molar-refractivity contribution in [3.8, 4) is 22.3 Å². The molecule has 4 bridgehead atoms. The quantitative estimate of drug-likeness (QED) is 0.0938. The minimum atomic E-state index is -0.816. The molecular formula is C42H42FeN4P2. The van der Waals surface area contributed by atoms with Crippen molar-refractivity contribution in [1.29, 1.82) is 0 Å². The molecule has 49 heavy (non-hydrogen) atoms. The summed E-state index contributed by atoms with van der Waals surface area (Å²) in [6.45, 7) is 0. The van der Waals surface area contributed by atoms with Crippen LogP contribution in [0.2, 0.25) is 0 Å². The molecule has 6 aromatic rings. The Labute approximate surface area is 305 Å². The third-order valence-electron chi connectivity index (χ3n) is 11.3. The van der Waals surface area contributed by atoms with Crippen LogP contribution < -0.4 is 0 Å². The van der Waals surface area contributed by atoms with Gasteiger partial charge in [0.2, 0.25) is 0 Å². The van der Waals surface area contributed by atoms with E-state index in [0.717, 1.165) is 23.9 Å². The van der Waals surface area contributed by atoms with Crippen LogP contribution in [0.15, 0.2) is 134 Å². The van der Waals surface area contributed by atoms with Crippen LogP contribution in [0.25, 0.3) is 22.3 Å². The van der Waals surface area contributed by atoms with Gasteiger partial charge in [0, 0.05) is 24.8 Å². The minimum Gasteiger partial charge on any atom is -0.240 e. The Kier molecular flexibility index (Phi) is 10.1. The zero-order valence-corrected chi connectivity index (χ0v) is 31.0. The van der Waals surface area contributed by atoms with Crippen molar-refractivity contribution in [2.75, 3.05) is 6.16 Å². The van der Waals surface area contributed by atoms with Gasteiger partial charge in [0.25, 0.3) is 0 Å². The van der Waals surface area contributed by atoms with Gasteiger partial charge in [-0.3, -0.25) is 0 Å². The van der Waals surface area contributed by atoms with Crippen LogP contribution in [0.3, 0.4) is 0 Å². The van der Waals surface area contributed by atoms with Crippen molar-refractivity contribution in [1.82, 2.24) is 19.9 Å². The van der Waals surface area contributed by atoms with E-state index >= 15 is 0 Å². The smallest absolute Gasteiger partial charge is 0.240 e. The Balaban J connectivity index is 0.000000581. The van der Waals surface area contributed by atoms with E-state index in [1.807, 2.05) is 67.3 Å². The van der Waals surface area contributed by atoms with Crippen LogP contribution in [-0.2, 0) is 27.6 Å². The average Bonchev–Trinajstić information content (AvgIpc) is 3.86. The first-order valence-electron chi connectivity index (χ1n) is 17.3. The van der Waals surface area contributed by atoms with Crippen molar-refractivity contribution in [2.45, 2.75) is 42.7 Å². The Morgan fingerprint density at radius 2 is 1.29 bits per heavy atom. The summed E-state index contributed by atoms with van der Waals surface area (Å²) >= 11 is 0. The number of benzene rings is 2. The van der Waals surface area contributed by atoms with Gasteiger partial charge >= 0.3 is 17.1 Å². The molecule has 4 nitrogen and oxygen atoms in total. The molecule has 0 saturated heterocycles. The summed E-state index contributed by atoms with van der Waals surface area (Å²) in [6, 6.07) is 38.2. The van der Waals surface area contributed by atoms with Crippen molar-refractivity contribution < 1.29 is 17.1 Å². The molecule has 2 heterocycles. The molecule has 2 aromatic heterocycles. The van der Waals surface area contributed by atoms with Crippen molar-refractivity contribution >= 4 is 18.5 Å². The van der Waals surface area contributed by atoms with Crippen LogP contribution in [-0.4, -0.2) is 26.1 Å². The van der Waals surface area contributed by atoms with Crippen LogP contribution in [0.5, 0.6) is 0 Å². The zero-order chi connectivity index (χ0) is 32.6. The summed E-state index contributed by atoms with van der Waals surface area (Å²) in [5.41, 5.74) is 7.93. The molecule has 7 heteroatoms. The summed E-state index contributed by atoms with van der Waals surface area (Å²) in [7, 11) is 6.34. The van der Waals surface area contributed by atoms with E-state index in [-0.39, 0.29) is 22.5 Å². The predicted octanol–water partition coefficient (Wildman–Crippen LogP) is 9.46. The van der Waals surface area contributed by atoms with E-state index in [4.69, 9.17) is 19.9 Å². The maximum Gasteiger partial charge on any atom is 2.00 e. The predicted molar refractivity (Wildman–Crippen MR) is 202 cm³/mol.